The number of hydrogen-bond donors (Lipinski definition) is 1. The largest absolute Gasteiger partial charge is 0.341 e. The number of fused-ring (bicyclic) bond motifs is 1. The number of likely N-dealkylation sites (tertiary alicyclic amines) is 1. The lowest BCUT2D eigenvalue weighted by Gasteiger charge is -2.27. The highest BCUT2D eigenvalue weighted by Gasteiger charge is 2.44. The van der Waals surface area contributed by atoms with Crippen molar-refractivity contribution in [2.45, 2.75) is 38.6 Å². The van der Waals surface area contributed by atoms with Crippen LogP contribution in [0.1, 0.15) is 32.6 Å². The van der Waals surface area contributed by atoms with E-state index in [1.54, 1.807) is 0 Å². The molecule has 3 heterocycles. The molecule has 3 aliphatic rings. The first-order valence-electron chi connectivity index (χ1n) is 8.52. The van der Waals surface area contributed by atoms with Crippen molar-refractivity contribution < 1.29 is 13.2 Å². The summed E-state index contributed by atoms with van der Waals surface area (Å²) < 4.78 is 26.4. The van der Waals surface area contributed by atoms with Crippen LogP contribution in [0.3, 0.4) is 0 Å². The summed E-state index contributed by atoms with van der Waals surface area (Å²) in [7, 11) is -3.29. The minimum atomic E-state index is -3.29. The van der Waals surface area contributed by atoms with Crippen molar-refractivity contribution >= 4 is 28.3 Å². The number of carbonyl (C=O) groups is 1. The van der Waals surface area contributed by atoms with Gasteiger partial charge in [0.1, 0.15) is 6.04 Å². The van der Waals surface area contributed by atoms with E-state index in [1.807, 2.05) is 11.8 Å². The lowest BCUT2D eigenvalue weighted by atomic mass is 10.0. The monoisotopic (exact) mass is 365 g/mol. The fourth-order valence-electron chi connectivity index (χ4n) is 4.01. The van der Waals surface area contributed by atoms with Crippen LogP contribution in [0.2, 0.25) is 0 Å². The number of nitrogens with zero attached hydrogens (tertiary/aromatic N) is 2. The molecule has 0 spiro atoms. The second kappa shape index (κ2) is 7.68. The Morgan fingerprint density at radius 2 is 1.87 bits per heavy atom. The van der Waals surface area contributed by atoms with Gasteiger partial charge in [0.2, 0.25) is 15.9 Å². The fourth-order valence-corrected chi connectivity index (χ4v) is 5.89. The minimum Gasteiger partial charge on any atom is -0.341 e. The lowest BCUT2D eigenvalue weighted by Crippen LogP contribution is -2.48. The number of unbranched alkanes of at least 4 members (excludes halogenated alkanes) is 1. The molecular weight excluding hydrogens is 338 g/mol. The van der Waals surface area contributed by atoms with E-state index in [2.05, 4.69) is 5.32 Å². The van der Waals surface area contributed by atoms with Gasteiger partial charge in [-0.25, -0.2) is 8.42 Å². The fraction of sp³-hybridized carbons (Fsp3) is 0.933. The summed E-state index contributed by atoms with van der Waals surface area (Å²) in [6.07, 6.45) is 2.99. The Kier molecular flexibility index (Phi) is 6.33. The van der Waals surface area contributed by atoms with Gasteiger partial charge < -0.3 is 10.2 Å². The van der Waals surface area contributed by atoms with E-state index < -0.39 is 16.1 Å². The van der Waals surface area contributed by atoms with Crippen LogP contribution in [-0.4, -0.2) is 68.0 Å². The molecule has 6 nitrogen and oxygen atoms in total. The van der Waals surface area contributed by atoms with E-state index in [1.165, 1.54) is 4.31 Å². The van der Waals surface area contributed by atoms with Crippen LogP contribution in [-0.2, 0) is 14.8 Å². The molecule has 0 bridgehead atoms. The molecule has 1 amide bonds. The van der Waals surface area contributed by atoms with Crippen molar-refractivity contribution in [2.75, 3.05) is 38.5 Å². The van der Waals surface area contributed by atoms with Crippen LogP contribution in [0, 0.1) is 11.8 Å². The molecule has 0 aliphatic carbocycles. The molecule has 134 valence electrons. The van der Waals surface area contributed by atoms with Crippen molar-refractivity contribution in [3.63, 3.8) is 0 Å². The average molecular weight is 366 g/mol. The van der Waals surface area contributed by atoms with Gasteiger partial charge in [0.25, 0.3) is 0 Å². The van der Waals surface area contributed by atoms with Gasteiger partial charge in [0.15, 0.2) is 0 Å². The Morgan fingerprint density at radius 1 is 1.22 bits per heavy atom. The lowest BCUT2D eigenvalue weighted by molar-refractivity contribution is -0.133. The van der Waals surface area contributed by atoms with Gasteiger partial charge in [-0.05, 0) is 31.1 Å². The predicted molar refractivity (Wildman–Crippen MR) is 92.1 cm³/mol. The average Bonchev–Trinajstić information content (AvgIpc) is 3.18. The molecule has 3 aliphatic heterocycles. The summed E-state index contributed by atoms with van der Waals surface area (Å²) in [4.78, 5) is 14.7. The van der Waals surface area contributed by atoms with Crippen molar-refractivity contribution in [2.24, 2.45) is 11.8 Å². The first-order valence-corrected chi connectivity index (χ1v) is 10.1. The molecule has 0 aromatic heterocycles. The van der Waals surface area contributed by atoms with E-state index in [4.69, 9.17) is 0 Å². The van der Waals surface area contributed by atoms with E-state index in [0.717, 1.165) is 39.0 Å². The zero-order chi connectivity index (χ0) is 15.7. The molecule has 0 radical (unpaired) electrons. The van der Waals surface area contributed by atoms with E-state index in [-0.39, 0.29) is 24.1 Å². The van der Waals surface area contributed by atoms with Crippen molar-refractivity contribution in [1.82, 2.24) is 14.5 Å². The Morgan fingerprint density at radius 3 is 2.48 bits per heavy atom. The number of rotatable bonds is 5. The molecule has 1 unspecified atom stereocenters. The van der Waals surface area contributed by atoms with Crippen molar-refractivity contribution in [3.05, 3.63) is 0 Å². The third kappa shape index (κ3) is 3.83. The number of nitrogens with one attached hydrogen (secondary N) is 1. The quantitative estimate of drug-likeness (QED) is 0.777. The molecule has 0 aromatic carbocycles. The molecule has 3 fully saturated rings. The maximum Gasteiger partial charge on any atom is 0.241 e. The third-order valence-electron chi connectivity index (χ3n) is 5.30. The highest BCUT2D eigenvalue weighted by molar-refractivity contribution is 7.89. The maximum absolute atomic E-state index is 12.8. The van der Waals surface area contributed by atoms with Crippen molar-refractivity contribution in [1.29, 1.82) is 0 Å². The van der Waals surface area contributed by atoms with Crippen LogP contribution < -0.4 is 5.32 Å². The molecule has 3 atom stereocenters. The van der Waals surface area contributed by atoms with Crippen molar-refractivity contribution in [3.8, 4) is 0 Å². The van der Waals surface area contributed by atoms with Crippen LogP contribution in [0.5, 0.6) is 0 Å². The normalized spacial score (nSPS) is 31.2. The number of amides is 1. The molecule has 8 heteroatoms. The predicted octanol–water partition coefficient (Wildman–Crippen LogP) is 0.680. The van der Waals surface area contributed by atoms with Gasteiger partial charge in [-0.1, -0.05) is 13.3 Å². The molecule has 0 aromatic rings. The summed E-state index contributed by atoms with van der Waals surface area (Å²) in [5.41, 5.74) is 0. The zero-order valence-corrected chi connectivity index (χ0v) is 15.4. The number of halogens is 1. The summed E-state index contributed by atoms with van der Waals surface area (Å²) >= 11 is 0. The summed E-state index contributed by atoms with van der Waals surface area (Å²) in [5.74, 6) is 1.31. The molecule has 3 rings (SSSR count). The third-order valence-corrected chi connectivity index (χ3v) is 7.26. The first kappa shape index (κ1) is 19.0. The van der Waals surface area contributed by atoms with Gasteiger partial charge in [0.05, 0.1) is 5.75 Å². The SMILES string of the molecule is CCCCS(=O)(=O)N1CCCC1C(=O)N1C[C@H]2CNC[C@H]2C1.Cl. The Bertz CT molecular complexity index is 516. The van der Waals surface area contributed by atoms with E-state index in [9.17, 15) is 13.2 Å². The number of sulfonamides is 1. The maximum atomic E-state index is 12.8. The van der Waals surface area contributed by atoms with E-state index >= 15 is 0 Å². The second-order valence-electron chi connectivity index (χ2n) is 6.86. The van der Waals surface area contributed by atoms with Crippen LogP contribution in [0.4, 0.5) is 0 Å². The summed E-state index contributed by atoms with van der Waals surface area (Å²) in [6.45, 7) is 6.03. The van der Waals surface area contributed by atoms with E-state index in [0.29, 0.717) is 31.2 Å². The van der Waals surface area contributed by atoms with Crippen LogP contribution in [0.25, 0.3) is 0 Å². The summed E-state index contributed by atoms with van der Waals surface area (Å²) in [5, 5.41) is 3.37. The highest BCUT2D eigenvalue weighted by Crippen LogP contribution is 2.30. The number of carbonyl (C=O) groups excluding carboxylic acids is 1. The smallest absolute Gasteiger partial charge is 0.241 e. The Hall–Kier alpha value is -0.370. The Balaban J connectivity index is 0.00000192. The first-order chi connectivity index (χ1) is 10.5. The van der Waals surface area contributed by atoms with Gasteiger partial charge in [-0.15, -0.1) is 12.4 Å². The van der Waals surface area contributed by atoms with Gasteiger partial charge in [-0.3, -0.25) is 4.79 Å². The van der Waals surface area contributed by atoms with Gasteiger partial charge in [0, 0.05) is 32.7 Å². The topological polar surface area (TPSA) is 69.7 Å². The standard InChI is InChI=1S/C15H27N3O3S.ClH/c1-2-3-7-22(20,21)18-6-4-5-14(18)15(19)17-10-12-8-16-9-13(12)11-17;/h12-14,16H,2-11H2,1H3;1H/t12-,13+,14?;. The molecule has 3 saturated heterocycles. The molecule has 23 heavy (non-hydrogen) atoms. The minimum absolute atomic E-state index is 0. The Labute approximate surface area is 145 Å². The molecular formula is C15H28ClN3O3S. The van der Waals surface area contributed by atoms with Gasteiger partial charge in [-0.2, -0.15) is 4.31 Å². The second-order valence-corrected chi connectivity index (χ2v) is 8.90. The molecule has 0 saturated carbocycles. The van der Waals surface area contributed by atoms with Gasteiger partial charge >= 0.3 is 0 Å². The zero-order valence-electron chi connectivity index (χ0n) is 13.7. The summed E-state index contributed by atoms with van der Waals surface area (Å²) in [6, 6.07) is -0.450. The highest BCUT2D eigenvalue weighted by atomic mass is 35.5. The molecule has 1 N–H and O–H groups in total. The number of hydrogen-bond acceptors (Lipinski definition) is 4. The van der Waals surface area contributed by atoms with Crippen LogP contribution in [0.15, 0.2) is 0 Å². The van der Waals surface area contributed by atoms with Crippen LogP contribution >= 0.6 is 12.4 Å².